The molecule has 1 aliphatic heterocycles. The molecule has 1 fully saturated rings. The Kier molecular flexibility index (Phi) is 7.06. The zero-order chi connectivity index (χ0) is 23.7. The molecule has 174 valence electrons. The number of amides is 1. The molecule has 1 amide bonds. The van der Waals surface area contributed by atoms with Gasteiger partial charge >= 0.3 is 0 Å². The summed E-state index contributed by atoms with van der Waals surface area (Å²) in [6.45, 7) is 3.81. The summed E-state index contributed by atoms with van der Waals surface area (Å²) in [7, 11) is -2.58. The molecule has 0 aliphatic carbocycles. The van der Waals surface area contributed by atoms with E-state index in [-0.39, 0.29) is 15.4 Å². The molecule has 0 unspecified atom stereocenters. The molecule has 0 spiro atoms. The highest BCUT2D eigenvalue weighted by Gasteiger charge is 2.28. The molecule has 9 nitrogen and oxygen atoms in total. The van der Waals surface area contributed by atoms with Crippen molar-refractivity contribution in [1.82, 2.24) is 13.5 Å². The minimum absolute atomic E-state index is 0.0507. The summed E-state index contributed by atoms with van der Waals surface area (Å²) < 4.78 is 53.4. The van der Waals surface area contributed by atoms with E-state index in [4.69, 9.17) is 0 Å². The number of carbonyl (C=O) groups excluding carboxylic acids is 1. The van der Waals surface area contributed by atoms with Gasteiger partial charge in [-0.2, -0.15) is 4.31 Å². The number of nitrogens with one attached hydrogen (secondary N) is 1. The van der Waals surface area contributed by atoms with Crippen molar-refractivity contribution < 1.29 is 21.6 Å². The molecule has 1 saturated heterocycles. The zero-order valence-electron chi connectivity index (χ0n) is 18.6. The summed E-state index contributed by atoms with van der Waals surface area (Å²) >= 11 is 0. The number of carbonyl (C=O) groups is 1. The normalized spacial score (nSPS) is 16.3. The third kappa shape index (κ3) is 5.02. The third-order valence-electron chi connectivity index (χ3n) is 5.43. The summed E-state index contributed by atoms with van der Waals surface area (Å²) in [4.78, 5) is 15.0. The predicted octanol–water partition coefficient (Wildman–Crippen LogP) is 1.43. The van der Waals surface area contributed by atoms with Gasteiger partial charge in [-0.25, -0.2) is 21.1 Å². The molecule has 0 bridgehead atoms. The van der Waals surface area contributed by atoms with Crippen LogP contribution in [0.1, 0.15) is 15.9 Å². The fourth-order valence-corrected chi connectivity index (χ4v) is 5.67. The van der Waals surface area contributed by atoms with Crippen molar-refractivity contribution in [3.8, 4) is 0 Å². The van der Waals surface area contributed by atoms with Gasteiger partial charge in [-0.3, -0.25) is 4.79 Å². The molecule has 0 radical (unpaired) electrons. The molecule has 3 rings (SSSR count). The van der Waals surface area contributed by atoms with Crippen LogP contribution in [0.15, 0.2) is 52.3 Å². The van der Waals surface area contributed by atoms with Crippen molar-refractivity contribution in [3.63, 3.8) is 0 Å². The van der Waals surface area contributed by atoms with Crippen LogP contribution in [-0.2, 0) is 20.0 Å². The van der Waals surface area contributed by atoms with Crippen LogP contribution in [0.2, 0.25) is 0 Å². The molecule has 1 heterocycles. The van der Waals surface area contributed by atoms with Crippen LogP contribution < -0.4 is 5.32 Å². The Morgan fingerprint density at radius 2 is 1.59 bits per heavy atom. The number of benzene rings is 2. The molecular formula is C21H28N4O5S2. The topological polar surface area (TPSA) is 107 Å². The van der Waals surface area contributed by atoms with Crippen molar-refractivity contribution in [2.75, 3.05) is 52.6 Å². The summed E-state index contributed by atoms with van der Waals surface area (Å²) in [5, 5.41) is 2.70. The number of anilines is 1. The van der Waals surface area contributed by atoms with E-state index < -0.39 is 26.0 Å². The molecule has 0 atom stereocenters. The Hall–Kier alpha value is -2.31. The second-order valence-electron chi connectivity index (χ2n) is 7.95. The van der Waals surface area contributed by atoms with E-state index in [1.54, 1.807) is 13.0 Å². The van der Waals surface area contributed by atoms with Gasteiger partial charge in [-0.15, -0.1) is 0 Å². The number of hydrogen-bond acceptors (Lipinski definition) is 6. The van der Waals surface area contributed by atoms with Gasteiger partial charge in [0.05, 0.1) is 9.79 Å². The lowest BCUT2D eigenvalue weighted by atomic mass is 10.1. The maximum atomic E-state index is 13.0. The smallest absolute Gasteiger partial charge is 0.255 e. The lowest BCUT2D eigenvalue weighted by molar-refractivity contribution is 0.102. The second-order valence-corrected chi connectivity index (χ2v) is 12.0. The van der Waals surface area contributed by atoms with Crippen LogP contribution in [0.3, 0.4) is 0 Å². The molecular weight excluding hydrogens is 452 g/mol. The zero-order valence-corrected chi connectivity index (χ0v) is 20.2. The molecule has 2 aromatic carbocycles. The number of likely N-dealkylation sites (N-methyl/N-ethyl adjacent to an activating group) is 1. The van der Waals surface area contributed by atoms with Gasteiger partial charge in [0.25, 0.3) is 5.91 Å². The van der Waals surface area contributed by atoms with E-state index in [2.05, 4.69) is 10.2 Å². The fourth-order valence-electron chi connectivity index (χ4n) is 3.28. The quantitative estimate of drug-likeness (QED) is 0.670. The van der Waals surface area contributed by atoms with Crippen molar-refractivity contribution in [3.05, 3.63) is 53.6 Å². The van der Waals surface area contributed by atoms with E-state index in [1.165, 1.54) is 54.8 Å². The van der Waals surface area contributed by atoms with Crippen LogP contribution >= 0.6 is 0 Å². The van der Waals surface area contributed by atoms with Gasteiger partial charge in [0.15, 0.2) is 0 Å². The summed E-state index contributed by atoms with van der Waals surface area (Å²) in [5.74, 6) is -0.525. The summed E-state index contributed by atoms with van der Waals surface area (Å²) in [6, 6.07) is 10.3. The summed E-state index contributed by atoms with van der Waals surface area (Å²) in [6.07, 6.45) is 0. The molecule has 1 aliphatic rings. The second kappa shape index (κ2) is 9.28. The molecule has 1 N–H and O–H groups in total. The van der Waals surface area contributed by atoms with Crippen molar-refractivity contribution in [1.29, 1.82) is 0 Å². The number of hydrogen-bond donors (Lipinski definition) is 1. The van der Waals surface area contributed by atoms with E-state index in [9.17, 15) is 21.6 Å². The maximum Gasteiger partial charge on any atom is 0.255 e. The molecule has 0 aromatic heterocycles. The van der Waals surface area contributed by atoms with E-state index in [1.807, 2.05) is 7.05 Å². The SMILES string of the molecule is Cc1ccc(S(=O)(=O)N(C)C)cc1NC(=O)c1cccc(S(=O)(=O)N2CCN(C)CC2)c1. The van der Waals surface area contributed by atoms with Crippen LogP contribution in [-0.4, -0.2) is 83.6 Å². The number of piperazine rings is 1. The number of nitrogens with zero attached hydrogens (tertiary/aromatic N) is 3. The van der Waals surface area contributed by atoms with Gasteiger partial charge in [0.2, 0.25) is 20.0 Å². The van der Waals surface area contributed by atoms with Crippen molar-refractivity contribution in [2.45, 2.75) is 16.7 Å². The molecule has 2 aromatic rings. The monoisotopic (exact) mass is 480 g/mol. The fraction of sp³-hybridized carbons (Fsp3) is 0.381. The molecule has 11 heteroatoms. The van der Waals surface area contributed by atoms with Gasteiger partial charge < -0.3 is 10.2 Å². The minimum Gasteiger partial charge on any atom is -0.322 e. The Balaban J connectivity index is 1.86. The Bertz CT molecular complexity index is 1220. The van der Waals surface area contributed by atoms with E-state index in [0.717, 1.165) is 4.31 Å². The Morgan fingerprint density at radius 1 is 0.938 bits per heavy atom. The highest BCUT2D eigenvalue weighted by atomic mass is 32.2. The summed E-state index contributed by atoms with van der Waals surface area (Å²) in [5.41, 5.74) is 1.18. The van der Waals surface area contributed by atoms with Gasteiger partial charge in [0.1, 0.15) is 0 Å². The first-order chi connectivity index (χ1) is 14.9. The lowest BCUT2D eigenvalue weighted by Crippen LogP contribution is -2.47. The molecule has 32 heavy (non-hydrogen) atoms. The standard InChI is InChI=1S/C21H28N4O5S2/c1-16-8-9-19(31(27,28)23(2)3)15-20(16)22-21(26)17-6-5-7-18(14-17)32(29,30)25-12-10-24(4)11-13-25/h5-9,14-15H,10-13H2,1-4H3,(H,22,26). The van der Waals surface area contributed by atoms with E-state index in [0.29, 0.717) is 37.4 Å². The van der Waals surface area contributed by atoms with Gasteiger partial charge in [-0.05, 0) is 49.9 Å². The van der Waals surface area contributed by atoms with Gasteiger partial charge in [-0.1, -0.05) is 12.1 Å². The van der Waals surface area contributed by atoms with Crippen LogP contribution in [0.25, 0.3) is 0 Å². The third-order valence-corrected chi connectivity index (χ3v) is 9.14. The largest absolute Gasteiger partial charge is 0.322 e. The van der Waals surface area contributed by atoms with Crippen molar-refractivity contribution >= 4 is 31.6 Å². The average Bonchev–Trinajstić information content (AvgIpc) is 2.75. The molecule has 0 saturated carbocycles. The lowest BCUT2D eigenvalue weighted by Gasteiger charge is -2.31. The predicted molar refractivity (Wildman–Crippen MR) is 123 cm³/mol. The van der Waals surface area contributed by atoms with Crippen molar-refractivity contribution in [2.24, 2.45) is 0 Å². The average molecular weight is 481 g/mol. The maximum absolute atomic E-state index is 13.0. The number of aryl methyl sites for hydroxylation is 1. The first kappa shape index (κ1) is 24.3. The number of rotatable bonds is 6. The van der Waals surface area contributed by atoms with Crippen LogP contribution in [0, 0.1) is 6.92 Å². The highest BCUT2D eigenvalue weighted by molar-refractivity contribution is 7.89. The van der Waals surface area contributed by atoms with E-state index >= 15 is 0 Å². The minimum atomic E-state index is -3.72. The van der Waals surface area contributed by atoms with Gasteiger partial charge in [0, 0.05) is 51.5 Å². The number of sulfonamides is 2. The highest BCUT2D eigenvalue weighted by Crippen LogP contribution is 2.24. The first-order valence-corrected chi connectivity index (χ1v) is 12.9. The Labute approximate surface area is 189 Å². The first-order valence-electron chi connectivity index (χ1n) is 10.1. The van der Waals surface area contributed by atoms with Crippen LogP contribution in [0.5, 0.6) is 0 Å². The Morgan fingerprint density at radius 3 is 2.22 bits per heavy atom. The van der Waals surface area contributed by atoms with Crippen LogP contribution in [0.4, 0.5) is 5.69 Å².